The average molecular weight is 408 g/mol. The molecule has 0 bridgehead atoms. The van der Waals surface area contributed by atoms with E-state index in [2.05, 4.69) is 10.3 Å². The molecule has 0 atom stereocenters. The van der Waals surface area contributed by atoms with Crippen molar-refractivity contribution in [1.82, 2.24) is 4.98 Å². The van der Waals surface area contributed by atoms with Gasteiger partial charge in [-0.25, -0.2) is 13.6 Å². The zero-order valence-electron chi connectivity index (χ0n) is 16.1. The van der Waals surface area contributed by atoms with Crippen molar-refractivity contribution in [3.05, 3.63) is 96.0 Å². The van der Waals surface area contributed by atoms with E-state index in [1.807, 2.05) is 0 Å². The second-order valence-electron chi connectivity index (χ2n) is 6.19. The van der Waals surface area contributed by atoms with E-state index in [-0.39, 0.29) is 17.7 Å². The first-order valence-electron chi connectivity index (χ1n) is 9.13. The van der Waals surface area contributed by atoms with E-state index < -0.39 is 23.4 Å². The lowest BCUT2D eigenvalue weighted by atomic mass is 9.99. The number of ketones is 1. The molecule has 0 saturated heterocycles. The van der Waals surface area contributed by atoms with E-state index in [9.17, 15) is 18.4 Å². The quantitative estimate of drug-likeness (QED) is 0.201. The third-order valence-corrected chi connectivity index (χ3v) is 4.19. The number of esters is 1. The van der Waals surface area contributed by atoms with Gasteiger partial charge in [0.05, 0.1) is 12.2 Å². The lowest BCUT2D eigenvalue weighted by Gasteiger charge is -2.10. The Morgan fingerprint density at radius 3 is 2.33 bits per heavy atom. The van der Waals surface area contributed by atoms with Crippen molar-refractivity contribution in [2.45, 2.75) is 6.92 Å². The van der Waals surface area contributed by atoms with Gasteiger partial charge < -0.3 is 10.1 Å². The highest BCUT2D eigenvalue weighted by Gasteiger charge is 2.24. The second-order valence-corrected chi connectivity index (χ2v) is 6.19. The Bertz CT molecular complexity index is 1080. The molecule has 5 nitrogen and oxygen atoms in total. The average Bonchev–Trinajstić information content (AvgIpc) is 2.76. The van der Waals surface area contributed by atoms with Crippen LogP contribution in [0.25, 0.3) is 11.1 Å². The lowest BCUT2D eigenvalue weighted by molar-refractivity contribution is -0.138. The van der Waals surface area contributed by atoms with Crippen molar-refractivity contribution < 1.29 is 23.1 Å². The van der Waals surface area contributed by atoms with Crippen LogP contribution >= 0.6 is 0 Å². The second kappa shape index (κ2) is 9.56. The van der Waals surface area contributed by atoms with E-state index >= 15 is 0 Å². The maximum absolute atomic E-state index is 14.7. The molecule has 1 aromatic heterocycles. The molecule has 1 heterocycles. The summed E-state index contributed by atoms with van der Waals surface area (Å²) in [5.41, 5.74) is 1.10. The highest BCUT2D eigenvalue weighted by atomic mass is 19.1. The molecular weight excluding hydrogens is 390 g/mol. The summed E-state index contributed by atoms with van der Waals surface area (Å²) in [5, 5.41) is 2.74. The highest BCUT2D eigenvalue weighted by molar-refractivity contribution is 6.24. The van der Waals surface area contributed by atoms with Crippen LogP contribution in [0.2, 0.25) is 0 Å². The molecule has 7 heteroatoms. The van der Waals surface area contributed by atoms with Gasteiger partial charge in [-0.15, -0.1) is 0 Å². The zero-order valence-corrected chi connectivity index (χ0v) is 16.1. The Kier molecular flexibility index (Phi) is 6.64. The van der Waals surface area contributed by atoms with Gasteiger partial charge in [-0.05, 0) is 66.6 Å². The molecule has 2 aromatic carbocycles. The molecule has 3 rings (SSSR count). The highest BCUT2D eigenvalue weighted by Crippen LogP contribution is 2.23. The summed E-state index contributed by atoms with van der Waals surface area (Å²) in [6, 6.07) is 12.9. The third-order valence-electron chi connectivity index (χ3n) is 4.19. The molecular formula is C23H18F2N2O3. The molecule has 0 radical (unpaired) electrons. The molecule has 0 aliphatic heterocycles. The van der Waals surface area contributed by atoms with Gasteiger partial charge in [0, 0.05) is 24.3 Å². The topological polar surface area (TPSA) is 68.3 Å². The number of nitrogens with one attached hydrogen (secondary N) is 1. The molecule has 0 aliphatic carbocycles. The maximum Gasteiger partial charge on any atom is 0.343 e. The maximum atomic E-state index is 14.7. The predicted molar refractivity (Wildman–Crippen MR) is 109 cm³/mol. The first-order valence-corrected chi connectivity index (χ1v) is 9.13. The predicted octanol–water partition coefficient (Wildman–Crippen LogP) is 4.77. The molecule has 3 aromatic rings. The van der Waals surface area contributed by atoms with E-state index in [0.29, 0.717) is 11.3 Å². The Balaban J connectivity index is 1.91. The first kappa shape index (κ1) is 20.9. The molecule has 1 N–H and O–H groups in total. The van der Waals surface area contributed by atoms with Gasteiger partial charge in [0.15, 0.2) is 0 Å². The zero-order chi connectivity index (χ0) is 21.5. The normalized spacial score (nSPS) is 11.1. The van der Waals surface area contributed by atoms with Crippen molar-refractivity contribution in [1.29, 1.82) is 0 Å². The summed E-state index contributed by atoms with van der Waals surface area (Å²) in [5.74, 6) is -2.93. The number of halogens is 2. The van der Waals surface area contributed by atoms with E-state index in [1.165, 1.54) is 36.4 Å². The van der Waals surface area contributed by atoms with Crippen LogP contribution in [-0.2, 0) is 9.53 Å². The lowest BCUT2D eigenvalue weighted by Crippen LogP contribution is -2.18. The molecule has 0 spiro atoms. The molecule has 152 valence electrons. The van der Waals surface area contributed by atoms with Gasteiger partial charge in [0.1, 0.15) is 17.2 Å². The van der Waals surface area contributed by atoms with Crippen LogP contribution in [-0.4, -0.2) is 23.3 Å². The number of carbonyl (C=O) groups excluding carboxylic acids is 2. The summed E-state index contributed by atoms with van der Waals surface area (Å²) < 4.78 is 32.7. The number of hydrogen-bond donors (Lipinski definition) is 1. The Labute approximate surface area is 172 Å². The van der Waals surface area contributed by atoms with Crippen molar-refractivity contribution >= 4 is 17.4 Å². The number of nitrogens with zero attached hydrogens (tertiary/aromatic N) is 1. The fraction of sp³-hybridized carbons (Fsp3) is 0.0870. The molecule has 0 aliphatic rings. The molecule has 0 saturated carbocycles. The number of ether oxygens (including phenoxy) is 1. The number of rotatable bonds is 7. The van der Waals surface area contributed by atoms with Crippen molar-refractivity contribution in [3.8, 4) is 11.1 Å². The van der Waals surface area contributed by atoms with Gasteiger partial charge in [-0.1, -0.05) is 6.07 Å². The van der Waals surface area contributed by atoms with Crippen LogP contribution in [0.3, 0.4) is 0 Å². The molecule has 0 amide bonds. The third kappa shape index (κ3) is 4.94. The van der Waals surface area contributed by atoms with Gasteiger partial charge in [0.25, 0.3) is 0 Å². The van der Waals surface area contributed by atoms with E-state index in [1.54, 1.807) is 37.5 Å². The van der Waals surface area contributed by atoms with Crippen molar-refractivity contribution in [3.63, 3.8) is 0 Å². The summed E-state index contributed by atoms with van der Waals surface area (Å²) in [6.07, 6.45) is 4.29. The van der Waals surface area contributed by atoms with Crippen molar-refractivity contribution in [2.24, 2.45) is 0 Å². The fourth-order valence-corrected chi connectivity index (χ4v) is 2.70. The van der Waals surface area contributed by atoms with Crippen LogP contribution in [0.15, 0.2) is 78.8 Å². The largest absolute Gasteiger partial charge is 0.462 e. The van der Waals surface area contributed by atoms with E-state index in [4.69, 9.17) is 4.74 Å². The van der Waals surface area contributed by atoms with Crippen LogP contribution in [0.1, 0.15) is 17.3 Å². The Hall–Kier alpha value is -3.87. The summed E-state index contributed by atoms with van der Waals surface area (Å²) in [4.78, 5) is 29.1. The number of Topliss-reactive ketones (excluding diaryl/α,β-unsaturated/α-hetero) is 1. The van der Waals surface area contributed by atoms with Gasteiger partial charge in [-0.2, -0.15) is 0 Å². The SMILES string of the molecule is CCOC(=O)C(=CNc1ccc(F)cc1)C(=O)c1ccc(-c2ccncc2)cc1F. The van der Waals surface area contributed by atoms with Gasteiger partial charge >= 0.3 is 5.97 Å². The smallest absolute Gasteiger partial charge is 0.343 e. The summed E-state index contributed by atoms with van der Waals surface area (Å²) in [7, 11) is 0. The molecule has 0 fully saturated rings. The Morgan fingerprint density at radius 1 is 1.00 bits per heavy atom. The number of benzene rings is 2. The number of pyridine rings is 1. The van der Waals surface area contributed by atoms with Gasteiger partial charge in [-0.3, -0.25) is 9.78 Å². The first-order chi connectivity index (χ1) is 14.5. The number of carbonyl (C=O) groups is 2. The van der Waals surface area contributed by atoms with Crippen molar-refractivity contribution in [2.75, 3.05) is 11.9 Å². The molecule has 0 unspecified atom stereocenters. The minimum absolute atomic E-state index is 0.0451. The van der Waals surface area contributed by atoms with Crippen LogP contribution in [0.5, 0.6) is 0 Å². The van der Waals surface area contributed by atoms with Crippen LogP contribution in [0.4, 0.5) is 14.5 Å². The number of aromatic nitrogens is 1. The van der Waals surface area contributed by atoms with E-state index in [0.717, 1.165) is 11.8 Å². The monoisotopic (exact) mass is 408 g/mol. The summed E-state index contributed by atoms with van der Waals surface area (Å²) >= 11 is 0. The Morgan fingerprint density at radius 2 is 1.70 bits per heavy atom. The minimum Gasteiger partial charge on any atom is -0.462 e. The minimum atomic E-state index is -0.894. The fourth-order valence-electron chi connectivity index (χ4n) is 2.70. The summed E-state index contributed by atoms with van der Waals surface area (Å²) in [6.45, 7) is 1.64. The standard InChI is InChI=1S/C23H18F2N2O3/c1-2-30-23(29)20(14-27-18-6-4-17(24)5-7-18)22(28)19-8-3-16(13-21(19)25)15-9-11-26-12-10-15/h3-14,27H,2H2,1H3. The van der Waals surface area contributed by atoms with Crippen LogP contribution in [0, 0.1) is 11.6 Å². The molecule has 30 heavy (non-hydrogen) atoms. The number of anilines is 1. The number of hydrogen-bond acceptors (Lipinski definition) is 5. The van der Waals surface area contributed by atoms with Gasteiger partial charge in [0.2, 0.25) is 5.78 Å². The van der Waals surface area contributed by atoms with Crippen LogP contribution < -0.4 is 5.32 Å².